The fourth-order valence-electron chi connectivity index (χ4n) is 4.35. The standard InChI is InChI=1S/C30H35N3O3/c1-35-27-16-9-10-17-28(27)36-23-22-33-26-15-8-7-14-25(26)32-29(33)18-6-3-11-21-31-30(34)20-19-24-12-4-2-5-13-24/h2,4-5,7-10,12-17H,3,6,11,18-23H2,1H3,(H,31,34). The number of ether oxygens (including phenoxy) is 2. The van der Waals surface area contributed by atoms with Gasteiger partial charge in [0, 0.05) is 19.4 Å². The van der Waals surface area contributed by atoms with Crippen molar-refractivity contribution in [1.29, 1.82) is 0 Å². The number of para-hydroxylation sites is 4. The lowest BCUT2D eigenvalue weighted by atomic mass is 10.1. The molecule has 0 saturated heterocycles. The molecule has 0 aliphatic heterocycles. The monoisotopic (exact) mass is 485 g/mol. The third-order valence-corrected chi connectivity index (χ3v) is 6.26. The maximum Gasteiger partial charge on any atom is 0.220 e. The van der Waals surface area contributed by atoms with Crippen molar-refractivity contribution in [2.75, 3.05) is 20.3 Å². The summed E-state index contributed by atoms with van der Waals surface area (Å²) in [5.74, 6) is 2.68. The smallest absolute Gasteiger partial charge is 0.220 e. The van der Waals surface area contributed by atoms with E-state index in [1.165, 1.54) is 5.56 Å². The van der Waals surface area contributed by atoms with Crippen LogP contribution in [0, 0.1) is 0 Å². The summed E-state index contributed by atoms with van der Waals surface area (Å²) in [5.41, 5.74) is 3.33. The lowest BCUT2D eigenvalue weighted by Crippen LogP contribution is -2.24. The number of nitrogens with zero attached hydrogens (tertiary/aromatic N) is 2. The van der Waals surface area contributed by atoms with Crippen molar-refractivity contribution in [2.45, 2.75) is 45.1 Å². The molecule has 1 heterocycles. The first-order valence-corrected chi connectivity index (χ1v) is 12.7. The van der Waals surface area contributed by atoms with E-state index in [0.29, 0.717) is 19.6 Å². The van der Waals surface area contributed by atoms with Gasteiger partial charge in [0.2, 0.25) is 5.91 Å². The van der Waals surface area contributed by atoms with Crippen molar-refractivity contribution < 1.29 is 14.3 Å². The Morgan fingerprint density at radius 2 is 1.61 bits per heavy atom. The van der Waals surface area contributed by atoms with Crippen LogP contribution in [-0.4, -0.2) is 35.7 Å². The highest BCUT2D eigenvalue weighted by Crippen LogP contribution is 2.26. The van der Waals surface area contributed by atoms with Crippen molar-refractivity contribution in [3.8, 4) is 11.5 Å². The molecule has 0 unspecified atom stereocenters. The van der Waals surface area contributed by atoms with Gasteiger partial charge in [-0.1, -0.05) is 61.0 Å². The number of unbranched alkanes of at least 4 members (excludes halogenated alkanes) is 2. The second kappa shape index (κ2) is 13.3. The molecule has 0 aliphatic rings. The number of aromatic nitrogens is 2. The Balaban J connectivity index is 1.22. The number of carbonyl (C=O) groups is 1. The van der Waals surface area contributed by atoms with Gasteiger partial charge in [0.1, 0.15) is 12.4 Å². The Morgan fingerprint density at radius 3 is 2.44 bits per heavy atom. The Morgan fingerprint density at radius 1 is 0.861 bits per heavy atom. The molecule has 1 N–H and O–H groups in total. The molecular formula is C30H35N3O3. The van der Waals surface area contributed by atoms with Crippen LogP contribution in [0.5, 0.6) is 11.5 Å². The van der Waals surface area contributed by atoms with E-state index in [9.17, 15) is 4.79 Å². The van der Waals surface area contributed by atoms with E-state index in [0.717, 1.165) is 67.0 Å². The van der Waals surface area contributed by atoms with E-state index in [1.54, 1.807) is 7.11 Å². The fraction of sp³-hybridized carbons (Fsp3) is 0.333. The summed E-state index contributed by atoms with van der Waals surface area (Å²) in [4.78, 5) is 17.0. The van der Waals surface area contributed by atoms with E-state index in [-0.39, 0.29) is 5.91 Å². The first-order valence-electron chi connectivity index (χ1n) is 12.7. The SMILES string of the molecule is COc1ccccc1OCCn1c(CCCCCNC(=O)CCc2ccccc2)nc2ccccc21. The van der Waals surface area contributed by atoms with Crippen LogP contribution in [0.4, 0.5) is 0 Å². The van der Waals surface area contributed by atoms with Gasteiger partial charge in [0.25, 0.3) is 0 Å². The zero-order valence-corrected chi connectivity index (χ0v) is 21.0. The molecule has 36 heavy (non-hydrogen) atoms. The quantitative estimate of drug-likeness (QED) is 0.237. The number of nitrogens with one attached hydrogen (secondary N) is 1. The third kappa shape index (κ3) is 7.11. The lowest BCUT2D eigenvalue weighted by Gasteiger charge is -2.13. The molecule has 3 aromatic carbocycles. The maximum absolute atomic E-state index is 12.1. The summed E-state index contributed by atoms with van der Waals surface area (Å²) in [6.07, 6.45) is 5.24. The fourth-order valence-corrected chi connectivity index (χ4v) is 4.35. The Hall–Kier alpha value is -3.80. The van der Waals surface area contributed by atoms with Crippen LogP contribution < -0.4 is 14.8 Å². The van der Waals surface area contributed by atoms with Gasteiger partial charge < -0.3 is 19.4 Å². The second-order valence-corrected chi connectivity index (χ2v) is 8.81. The molecule has 188 valence electrons. The molecule has 4 aromatic rings. The van der Waals surface area contributed by atoms with Crippen LogP contribution in [0.25, 0.3) is 11.0 Å². The number of imidazole rings is 1. The number of fused-ring (bicyclic) bond motifs is 1. The molecule has 4 rings (SSSR count). The number of rotatable bonds is 14. The summed E-state index contributed by atoms with van der Waals surface area (Å²) >= 11 is 0. The maximum atomic E-state index is 12.1. The number of hydrogen-bond donors (Lipinski definition) is 1. The predicted octanol–water partition coefficient (Wildman–Crippen LogP) is 5.59. The van der Waals surface area contributed by atoms with Gasteiger partial charge in [-0.3, -0.25) is 4.79 Å². The summed E-state index contributed by atoms with van der Waals surface area (Å²) < 4.78 is 13.7. The Bertz CT molecular complexity index is 1240. The topological polar surface area (TPSA) is 65.4 Å². The third-order valence-electron chi connectivity index (χ3n) is 6.26. The largest absolute Gasteiger partial charge is 0.493 e. The molecule has 0 aliphatic carbocycles. The van der Waals surface area contributed by atoms with Crippen molar-refractivity contribution >= 4 is 16.9 Å². The van der Waals surface area contributed by atoms with Gasteiger partial charge >= 0.3 is 0 Å². The van der Waals surface area contributed by atoms with Crippen molar-refractivity contribution in [1.82, 2.24) is 14.9 Å². The minimum Gasteiger partial charge on any atom is -0.493 e. The molecule has 6 nitrogen and oxygen atoms in total. The normalized spacial score (nSPS) is 10.9. The van der Waals surface area contributed by atoms with Gasteiger partial charge in [-0.05, 0) is 49.1 Å². The van der Waals surface area contributed by atoms with Crippen LogP contribution in [0.3, 0.4) is 0 Å². The highest BCUT2D eigenvalue weighted by molar-refractivity contribution is 5.76. The predicted molar refractivity (Wildman–Crippen MR) is 144 cm³/mol. The number of methoxy groups -OCH3 is 1. The highest BCUT2D eigenvalue weighted by atomic mass is 16.5. The number of aryl methyl sites for hydroxylation is 2. The lowest BCUT2D eigenvalue weighted by molar-refractivity contribution is -0.121. The first-order chi connectivity index (χ1) is 17.7. The van der Waals surface area contributed by atoms with E-state index in [1.807, 2.05) is 54.6 Å². The Labute approximate surface area is 213 Å². The van der Waals surface area contributed by atoms with Crippen LogP contribution in [0.15, 0.2) is 78.9 Å². The molecule has 0 radical (unpaired) electrons. The zero-order chi connectivity index (χ0) is 25.0. The number of carbonyl (C=O) groups excluding carboxylic acids is 1. The van der Waals surface area contributed by atoms with Gasteiger partial charge in [-0.15, -0.1) is 0 Å². The molecular weight excluding hydrogens is 450 g/mol. The average Bonchev–Trinajstić information content (AvgIpc) is 3.27. The average molecular weight is 486 g/mol. The first kappa shape index (κ1) is 25.3. The highest BCUT2D eigenvalue weighted by Gasteiger charge is 2.11. The molecule has 0 saturated carbocycles. The summed E-state index contributed by atoms with van der Waals surface area (Å²) in [6.45, 7) is 1.96. The molecule has 0 spiro atoms. The van der Waals surface area contributed by atoms with Crippen LogP contribution in [-0.2, 0) is 24.2 Å². The van der Waals surface area contributed by atoms with Crippen LogP contribution in [0.1, 0.15) is 37.1 Å². The van der Waals surface area contributed by atoms with Gasteiger partial charge in [0.15, 0.2) is 11.5 Å². The van der Waals surface area contributed by atoms with Gasteiger partial charge in [-0.2, -0.15) is 0 Å². The van der Waals surface area contributed by atoms with Crippen LogP contribution in [0.2, 0.25) is 0 Å². The second-order valence-electron chi connectivity index (χ2n) is 8.81. The summed E-state index contributed by atoms with van der Waals surface area (Å²) in [7, 11) is 1.65. The number of amides is 1. The molecule has 0 atom stereocenters. The van der Waals surface area contributed by atoms with Crippen molar-refractivity contribution in [3.63, 3.8) is 0 Å². The molecule has 1 aromatic heterocycles. The van der Waals surface area contributed by atoms with E-state index >= 15 is 0 Å². The molecule has 0 fully saturated rings. The minimum absolute atomic E-state index is 0.121. The number of benzene rings is 3. The molecule has 0 bridgehead atoms. The van der Waals surface area contributed by atoms with Crippen LogP contribution >= 0.6 is 0 Å². The Kier molecular flexibility index (Phi) is 9.37. The van der Waals surface area contributed by atoms with Crippen molar-refractivity contribution in [3.05, 3.63) is 90.3 Å². The minimum atomic E-state index is 0.121. The molecule has 6 heteroatoms. The van der Waals surface area contributed by atoms with Gasteiger partial charge in [0.05, 0.1) is 24.7 Å². The van der Waals surface area contributed by atoms with E-state index < -0.39 is 0 Å². The summed E-state index contributed by atoms with van der Waals surface area (Å²) in [6, 6.07) is 26.1. The molecule has 1 amide bonds. The van der Waals surface area contributed by atoms with Crippen molar-refractivity contribution in [2.24, 2.45) is 0 Å². The van der Waals surface area contributed by atoms with Gasteiger partial charge in [-0.25, -0.2) is 4.98 Å². The van der Waals surface area contributed by atoms with E-state index in [2.05, 4.69) is 34.1 Å². The van der Waals surface area contributed by atoms with E-state index in [4.69, 9.17) is 14.5 Å². The number of hydrogen-bond acceptors (Lipinski definition) is 4. The summed E-state index contributed by atoms with van der Waals surface area (Å²) in [5, 5.41) is 3.05. The zero-order valence-electron chi connectivity index (χ0n) is 21.0.